The van der Waals surface area contributed by atoms with Crippen molar-refractivity contribution < 1.29 is 13.0 Å². The summed E-state index contributed by atoms with van der Waals surface area (Å²) in [5, 5.41) is 0.174. The summed E-state index contributed by atoms with van der Waals surface area (Å²) in [5.74, 6) is 0.134. The van der Waals surface area contributed by atoms with E-state index in [1.165, 1.54) is 6.07 Å². The molecule has 0 fully saturated rings. The van der Waals surface area contributed by atoms with Gasteiger partial charge in [0.05, 0.1) is 15.8 Å². The fraction of sp³-hybridized carbons (Fsp3) is 0.333. The molecule has 7 nitrogen and oxygen atoms in total. The van der Waals surface area contributed by atoms with Gasteiger partial charge in [-0.15, -0.1) is 0 Å². The van der Waals surface area contributed by atoms with Crippen LogP contribution in [0.5, 0.6) is 0 Å². The number of aromatic nitrogens is 2. The first-order chi connectivity index (χ1) is 9.18. The van der Waals surface area contributed by atoms with Crippen molar-refractivity contribution in [3.8, 4) is 0 Å². The average molecular weight is 298 g/mol. The monoisotopic (exact) mass is 298 g/mol. The Morgan fingerprint density at radius 2 is 1.85 bits per heavy atom. The molecule has 0 atom stereocenters. The van der Waals surface area contributed by atoms with Gasteiger partial charge in [-0.25, -0.2) is 4.79 Å². The highest BCUT2D eigenvalue weighted by Crippen LogP contribution is 2.22. The zero-order valence-corrected chi connectivity index (χ0v) is 11.7. The first kappa shape index (κ1) is 14.5. The molecule has 0 aliphatic carbocycles. The standard InChI is InChI=1S/C12H14N2O5S/c1-6(2)3-7-4-8-9(5-10(7)20(17,18)19)13-12(16)14-11(8)15/h4-6H,3H2,1-2H3,(H,17,18,19)(H2,13,14,15,16). The van der Waals surface area contributed by atoms with Crippen LogP contribution in [0.4, 0.5) is 0 Å². The van der Waals surface area contributed by atoms with E-state index in [0.29, 0.717) is 12.0 Å². The van der Waals surface area contributed by atoms with Crippen molar-refractivity contribution in [2.75, 3.05) is 0 Å². The molecule has 3 N–H and O–H groups in total. The summed E-state index contributed by atoms with van der Waals surface area (Å²) in [6.07, 6.45) is 0.379. The molecule has 108 valence electrons. The highest BCUT2D eigenvalue weighted by Gasteiger charge is 2.18. The highest BCUT2D eigenvalue weighted by atomic mass is 32.2. The SMILES string of the molecule is CC(C)Cc1cc2c(=O)[nH]c(=O)[nH]c2cc1S(=O)(=O)O. The molecule has 20 heavy (non-hydrogen) atoms. The summed E-state index contributed by atoms with van der Waals surface area (Å²) in [6, 6.07) is 2.49. The van der Waals surface area contributed by atoms with Gasteiger partial charge in [0.25, 0.3) is 15.7 Å². The van der Waals surface area contributed by atoms with Gasteiger partial charge in [-0.1, -0.05) is 13.8 Å². The van der Waals surface area contributed by atoms with Crippen LogP contribution in [0, 0.1) is 5.92 Å². The van der Waals surface area contributed by atoms with Gasteiger partial charge in [0.2, 0.25) is 0 Å². The molecule has 8 heteroatoms. The van der Waals surface area contributed by atoms with Gasteiger partial charge in [0.1, 0.15) is 0 Å². The molecule has 0 aliphatic heterocycles. The lowest BCUT2D eigenvalue weighted by Gasteiger charge is -2.10. The van der Waals surface area contributed by atoms with Gasteiger partial charge in [0, 0.05) is 0 Å². The van der Waals surface area contributed by atoms with Crippen molar-refractivity contribution in [1.29, 1.82) is 0 Å². The van der Waals surface area contributed by atoms with Crippen LogP contribution in [0.1, 0.15) is 19.4 Å². The lowest BCUT2D eigenvalue weighted by Crippen LogP contribution is -2.22. The van der Waals surface area contributed by atoms with Crippen molar-refractivity contribution >= 4 is 21.0 Å². The first-order valence-corrected chi connectivity index (χ1v) is 7.39. The van der Waals surface area contributed by atoms with Gasteiger partial charge in [-0.05, 0) is 30.0 Å². The molecule has 0 spiro atoms. The van der Waals surface area contributed by atoms with E-state index in [1.54, 1.807) is 0 Å². The number of rotatable bonds is 3. The van der Waals surface area contributed by atoms with E-state index in [0.717, 1.165) is 6.07 Å². The summed E-state index contributed by atoms with van der Waals surface area (Å²) in [4.78, 5) is 27.0. The number of H-pyrrole nitrogens is 2. The van der Waals surface area contributed by atoms with Crippen LogP contribution in [0.15, 0.2) is 26.6 Å². The Morgan fingerprint density at radius 1 is 1.20 bits per heavy atom. The molecule has 1 aromatic carbocycles. The number of benzene rings is 1. The molecule has 0 saturated heterocycles. The Kier molecular flexibility index (Phi) is 3.53. The molecule has 0 amide bonds. The van der Waals surface area contributed by atoms with Crippen LogP contribution < -0.4 is 11.2 Å². The van der Waals surface area contributed by atoms with E-state index >= 15 is 0 Å². The first-order valence-electron chi connectivity index (χ1n) is 5.95. The predicted molar refractivity (Wildman–Crippen MR) is 73.5 cm³/mol. The Hall–Kier alpha value is -1.93. The highest BCUT2D eigenvalue weighted by molar-refractivity contribution is 7.85. The van der Waals surface area contributed by atoms with Crippen LogP contribution in [-0.4, -0.2) is 22.9 Å². The summed E-state index contributed by atoms with van der Waals surface area (Å²) >= 11 is 0. The summed E-state index contributed by atoms with van der Waals surface area (Å²) < 4.78 is 32.1. The molecule has 0 radical (unpaired) electrons. The predicted octanol–water partition coefficient (Wildman–Crippen LogP) is 0.662. The van der Waals surface area contributed by atoms with E-state index in [2.05, 4.69) is 9.97 Å². The minimum Gasteiger partial charge on any atom is -0.307 e. The Morgan fingerprint density at radius 3 is 2.40 bits per heavy atom. The molecule has 1 heterocycles. The lowest BCUT2D eigenvalue weighted by atomic mass is 10.0. The fourth-order valence-electron chi connectivity index (χ4n) is 2.08. The fourth-order valence-corrected chi connectivity index (χ4v) is 2.82. The van der Waals surface area contributed by atoms with Crippen molar-refractivity contribution in [2.45, 2.75) is 25.2 Å². The van der Waals surface area contributed by atoms with Crippen LogP contribution in [0.3, 0.4) is 0 Å². The van der Waals surface area contributed by atoms with Gasteiger partial charge in [-0.2, -0.15) is 8.42 Å². The average Bonchev–Trinajstić information content (AvgIpc) is 2.27. The molecule has 1 aromatic heterocycles. The van der Waals surface area contributed by atoms with Gasteiger partial charge in [-0.3, -0.25) is 14.3 Å². The second kappa shape index (κ2) is 4.88. The number of fused-ring (bicyclic) bond motifs is 1. The molecular formula is C12H14N2O5S. The molecule has 0 aliphatic rings. The van der Waals surface area contributed by atoms with E-state index in [-0.39, 0.29) is 21.7 Å². The van der Waals surface area contributed by atoms with Crippen molar-refractivity contribution in [3.63, 3.8) is 0 Å². The summed E-state index contributed by atoms with van der Waals surface area (Å²) in [7, 11) is -4.43. The molecule has 2 rings (SSSR count). The second-order valence-electron chi connectivity index (χ2n) is 4.99. The third kappa shape index (κ3) is 2.81. The maximum absolute atomic E-state index is 11.7. The van der Waals surface area contributed by atoms with Crippen LogP contribution in [0.25, 0.3) is 10.9 Å². The number of hydrogen-bond acceptors (Lipinski definition) is 4. The Labute approximate surface area is 114 Å². The molecule has 2 aromatic rings. The zero-order chi connectivity index (χ0) is 15.1. The van der Waals surface area contributed by atoms with Crippen LogP contribution >= 0.6 is 0 Å². The van der Waals surface area contributed by atoms with Gasteiger partial charge in [0.15, 0.2) is 0 Å². The minimum atomic E-state index is -4.43. The molecule has 0 unspecified atom stereocenters. The quantitative estimate of drug-likeness (QED) is 0.719. The van der Waals surface area contributed by atoms with Crippen molar-refractivity contribution in [2.24, 2.45) is 5.92 Å². The third-order valence-corrected chi connectivity index (χ3v) is 3.76. The Balaban J connectivity index is 2.89. The Bertz CT molecular complexity index is 877. The molecule has 0 bridgehead atoms. The van der Waals surface area contributed by atoms with E-state index in [1.807, 2.05) is 13.8 Å². The number of hydrogen-bond donors (Lipinski definition) is 3. The maximum Gasteiger partial charge on any atom is 0.326 e. The normalized spacial score (nSPS) is 12.2. The third-order valence-electron chi connectivity index (χ3n) is 2.83. The van der Waals surface area contributed by atoms with E-state index in [4.69, 9.17) is 0 Å². The van der Waals surface area contributed by atoms with Crippen LogP contribution in [0.2, 0.25) is 0 Å². The number of aromatic amines is 2. The largest absolute Gasteiger partial charge is 0.326 e. The zero-order valence-electron chi connectivity index (χ0n) is 10.9. The van der Waals surface area contributed by atoms with Crippen LogP contribution in [-0.2, 0) is 16.5 Å². The topological polar surface area (TPSA) is 120 Å². The lowest BCUT2D eigenvalue weighted by molar-refractivity contribution is 0.481. The van der Waals surface area contributed by atoms with E-state index < -0.39 is 21.4 Å². The molecular weight excluding hydrogens is 284 g/mol. The van der Waals surface area contributed by atoms with Crippen molar-refractivity contribution in [1.82, 2.24) is 9.97 Å². The van der Waals surface area contributed by atoms with Gasteiger partial charge < -0.3 is 4.98 Å². The number of nitrogens with one attached hydrogen (secondary N) is 2. The summed E-state index contributed by atoms with van der Waals surface area (Å²) in [5.41, 5.74) is -0.928. The van der Waals surface area contributed by atoms with Crippen molar-refractivity contribution in [3.05, 3.63) is 38.5 Å². The van der Waals surface area contributed by atoms with E-state index in [9.17, 15) is 22.6 Å². The second-order valence-corrected chi connectivity index (χ2v) is 6.38. The summed E-state index contributed by atoms with van der Waals surface area (Å²) in [6.45, 7) is 3.77. The smallest absolute Gasteiger partial charge is 0.307 e. The minimum absolute atomic E-state index is 0.0684. The van der Waals surface area contributed by atoms with Gasteiger partial charge >= 0.3 is 5.69 Å². The maximum atomic E-state index is 11.7. The molecule has 0 saturated carbocycles.